The van der Waals surface area contributed by atoms with Crippen molar-refractivity contribution in [2.45, 2.75) is 18.6 Å². The van der Waals surface area contributed by atoms with Crippen molar-refractivity contribution < 1.29 is 9.53 Å². The first-order valence-electron chi connectivity index (χ1n) is 8.67. The number of halogens is 1. The molecule has 0 spiro atoms. The number of carbonyl (C=O) groups is 1. The molecule has 1 aromatic rings. The molecule has 0 bridgehead atoms. The molecule has 6 nitrogen and oxygen atoms in total. The van der Waals surface area contributed by atoms with E-state index in [0.29, 0.717) is 29.7 Å². The van der Waals surface area contributed by atoms with Gasteiger partial charge in [-0.25, -0.2) is 0 Å². The molecule has 0 aliphatic carbocycles. The highest BCUT2D eigenvalue weighted by Crippen LogP contribution is 2.20. The van der Waals surface area contributed by atoms with E-state index in [2.05, 4.69) is 27.4 Å². The van der Waals surface area contributed by atoms with Gasteiger partial charge in [0.05, 0.1) is 7.11 Å². The summed E-state index contributed by atoms with van der Waals surface area (Å²) in [6.07, 6.45) is 1.18. The molecule has 146 valence electrons. The highest BCUT2D eigenvalue weighted by Gasteiger charge is 2.21. The van der Waals surface area contributed by atoms with Crippen molar-refractivity contribution in [3.63, 3.8) is 0 Å². The van der Waals surface area contributed by atoms with Crippen LogP contribution >= 0.6 is 35.7 Å². The number of ether oxygens (including phenoxy) is 1. The topological polar surface area (TPSA) is 66.0 Å². The number of hydrogen-bond acceptors (Lipinski definition) is 4. The lowest BCUT2D eigenvalue weighted by molar-refractivity contribution is 0.0954. The molecule has 1 fully saturated rings. The Kier molecular flexibility index (Phi) is 10.8. The third-order valence-corrected chi connectivity index (χ3v) is 5.50. The zero-order valence-corrected chi connectivity index (χ0v) is 18.8. The summed E-state index contributed by atoms with van der Waals surface area (Å²) in [6, 6.07) is 7.15. The van der Waals surface area contributed by atoms with Crippen molar-refractivity contribution in [2.75, 3.05) is 46.1 Å². The maximum atomic E-state index is 12.2. The van der Waals surface area contributed by atoms with Crippen LogP contribution in [0.4, 0.5) is 0 Å². The molecule has 2 N–H and O–H groups in total. The third kappa shape index (κ3) is 6.86. The highest BCUT2D eigenvalue weighted by molar-refractivity contribution is 14.0. The van der Waals surface area contributed by atoms with Gasteiger partial charge >= 0.3 is 0 Å². The molecule has 1 aromatic carbocycles. The fraction of sp³-hybridized carbons (Fsp3) is 0.556. The van der Waals surface area contributed by atoms with Crippen LogP contribution in [0.3, 0.4) is 0 Å². The molecule has 2 rings (SSSR count). The lowest BCUT2D eigenvalue weighted by Crippen LogP contribution is -2.49. The second-order valence-electron chi connectivity index (χ2n) is 5.81. The second kappa shape index (κ2) is 12.3. The van der Waals surface area contributed by atoms with E-state index < -0.39 is 0 Å². The minimum absolute atomic E-state index is 0. The van der Waals surface area contributed by atoms with E-state index in [4.69, 9.17) is 4.74 Å². The minimum Gasteiger partial charge on any atom is -0.497 e. The Morgan fingerprint density at radius 1 is 1.38 bits per heavy atom. The number of guanidine groups is 1. The Hall–Kier alpha value is -1.16. The molecule has 0 saturated carbocycles. The predicted octanol–water partition coefficient (Wildman–Crippen LogP) is 2.45. The first-order valence-corrected chi connectivity index (χ1v) is 9.72. The van der Waals surface area contributed by atoms with Gasteiger partial charge in [0.15, 0.2) is 5.96 Å². The van der Waals surface area contributed by atoms with Crippen molar-refractivity contribution in [2.24, 2.45) is 4.99 Å². The molecule has 1 heterocycles. The number of aliphatic imine (C=N–C) groups is 1. The van der Waals surface area contributed by atoms with Gasteiger partial charge < -0.3 is 20.3 Å². The van der Waals surface area contributed by atoms with E-state index in [1.807, 2.05) is 23.9 Å². The zero-order chi connectivity index (χ0) is 18.1. The van der Waals surface area contributed by atoms with Gasteiger partial charge in [0, 0.05) is 49.8 Å². The van der Waals surface area contributed by atoms with Gasteiger partial charge in [-0.2, -0.15) is 11.8 Å². The summed E-state index contributed by atoms with van der Waals surface area (Å²) < 4.78 is 5.15. The summed E-state index contributed by atoms with van der Waals surface area (Å²) in [7, 11) is 3.40. The number of carbonyl (C=O) groups excluding carboxylic acids is 1. The predicted molar refractivity (Wildman–Crippen MR) is 120 cm³/mol. The molecular weight excluding hydrogens is 463 g/mol. The second-order valence-corrected chi connectivity index (χ2v) is 7.22. The Balaban J connectivity index is 0.00000338. The zero-order valence-electron chi connectivity index (χ0n) is 15.7. The summed E-state index contributed by atoms with van der Waals surface area (Å²) >= 11 is 2.04. The Labute approximate surface area is 177 Å². The Bertz CT molecular complexity index is 600. The molecule has 8 heteroatoms. The van der Waals surface area contributed by atoms with Gasteiger partial charge in [-0.1, -0.05) is 13.0 Å². The van der Waals surface area contributed by atoms with Crippen LogP contribution in [-0.4, -0.2) is 68.1 Å². The van der Waals surface area contributed by atoms with Crippen LogP contribution in [0.2, 0.25) is 0 Å². The van der Waals surface area contributed by atoms with Crippen LogP contribution in [0.5, 0.6) is 5.75 Å². The van der Waals surface area contributed by atoms with Crippen molar-refractivity contribution in [1.82, 2.24) is 15.5 Å². The average Bonchev–Trinajstić information content (AvgIpc) is 2.68. The fourth-order valence-electron chi connectivity index (χ4n) is 2.71. The number of methoxy groups -OCH3 is 1. The number of nitrogens with one attached hydrogen (secondary N) is 2. The lowest BCUT2D eigenvalue weighted by atomic mass is 10.2. The van der Waals surface area contributed by atoms with Crippen LogP contribution < -0.4 is 15.4 Å². The van der Waals surface area contributed by atoms with E-state index in [1.165, 1.54) is 6.42 Å². The summed E-state index contributed by atoms with van der Waals surface area (Å²) in [5.74, 6) is 2.62. The first kappa shape index (κ1) is 22.9. The third-order valence-electron chi connectivity index (χ3n) is 4.13. The van der Waals surface area contributed by atoms with Crippen LogP contribution in [-0.2, 0) is 0 Å². The van der Waals surface area contributed by atoms with Gasteiger partial charge in [0.25, 0.3) is 5.91 Å². The number of nitrogens with zero attached hydrogens (tertiary/aromatic N) is 2. The summed E-state index contributed by atoms with van der Waals surface area (Å²) in [6.45, 7) is 5.44. The average molecular weight is 492 g/mol. The number of rotatable bonds is 6. The normalized spacial score (nSPS) is 17.3. The summed E-state index contributed by atoms with van der Waals surface area (Å²) in [5.41, 5.74) is 0.600. The molecule has 26 heavy (non-hydrogen) atoms. The first-order chi connectivity index (χ1) is 12.2. The monoisotopic (exact) mass is 492 g/mol. The number of amides is 1. The van der Waals surface area contributed by atoms with Crippen molar-refractivity contribution in [3.05, 3.63) is 29.8 Å². The molecule has 1 saturated heterocycles. The van der Waals surface area contributed by atoms with E-state index >= 15 is 0 Å². The molecule has 1 unspecified atom stereocenters. The molecule has 0 radical (unpaired) electrons. The van der Waals surface area contributed by atoms with E-state index in [9.17, 15) is 4.79 Å². The van der Waals surface area contributed by atoms with Gasteiger partial charge in [-0.15, -0.1) is 24.0 Å². The Morgan fingerprint density at radius 3 is 2.85 bits per heavy atom. The molecule has 1 atom stereocenters. The van der Waals surface area contributed by atoms with E-state index in [0.717, 1.165) is 24.8 Å². The molecule has 1 aliphatic rings. The Morgan fingerprint density at radius 2 is 2.15 bits per heavy atom. The fourth-order valence-corrected chi connectivity index (χ4v) is 3.89. The molecule has 0 aromatic heterocycles. The van der Waals surface area contributed by atoms with E-state index in [1.54, 1.807) is 26.3 Å². The van der Waals surface area contributed by atoms with E-state index in [-0.39, 0.29) is 29.9 Å². The number of thioether (sulfide) groups is 1. The highest BCUT2D eigenvalue weighted by atomic mass is 127. The summed E-state index contributed by atoms with van der Waals surface area (Å²) in [5, 5.41) is 6.93. The van der Waals surface area contributed by atoms with Gasteiger partial charge in [0.1, 0.15) is 5.75 Å². The standard InChI is InChI=1S/C18H28N4O2S.HI/c1-4-16-13-22(10-11-25-16)18(19-2)21-9-8-20-17(23)14-6-5-7-15(12-14)24-3;/h5-7,12,16H,4,8-11,13H2,1-3H3,(H,19,21)(H,20,23);1H. The van der Waals surface area contributed by atoms with Gasteiger partial charge in [-0.05, 0) is 24.6 Å². The molecule has 1 aliphatic heterocycles. The molecule has 1 amide bonds. The van der Waals surface area contributed by atoms with Gasteiger partial charge in [0.2, 0.25) is 0 Å². The maximum absolute atomic E-state index is 12.2. The minimum atomic E-state index is -0.101. The lowest BCUT2D eigenvalue weighted by Gasteiger charge is -2.34. The number of benzene rings is 1. The largest absolute Gasteiger partial charge is 0.497 e. The van der Waals surface area contributed by atoms with Crippen LogP contribution in [0.25, 0.3) is 0 Å². The molecular formula is C18H29IN4O2S. The smallest absolute Gasteiger partial charge is 0.251 e. The SMILES string of the molecule is CCC1CN(C(=NC)NCCNC(=O)c2cccc(OC)c2)CCS1.I. The van der Waals surface area contributed by atoms with Crippen LogP contribution in [0, 0.1) is 0 Å². The van der Waals surface area contributed by atoms with Crippen molar-refractivity contribution in [3.8, 4) is 5.75 Å². The quantitative estimate of drug-likeness (QED) is 0.277. The van der Waals surface area contributed by atoms with Crippen LogP contribution in [0.15, 0.2) is 29.3 Å². The number of hydrogen-bond donors (Lipinski definition) is 2. The van der Waals surface area contributed by atoms with Crippen LogP contribution in [0.1, 0.15) is 23.7 Å². The maximum Gasteiger partial charge on any atom is 0.251 e. The van der Waals surface area contributed by atoms with Gasteiger partial charge in [-0.3, -0.25) is 9.79 Å². The van der Waals surface area contributed by atoms with Crippen molar-refractivity contribution >= 4 is 47.6 Å². The summed E-state index contributed by atoms with van der Waals surface area (Å²) in [4.78, 5) is 18.8. The van der Waals surface area contributed by atoms with Crippen molar-refractivity contribution in [1.29, 1.82) is 0 Å².